The number of halogens is 3. The summed E-state index contributed by atoms with van der Waals surface area (Å²) >= 11 is 0. The molecule has 258 valence electrons. The number of carbonyl (C=O) groups excluding carboxylic acids is 3. The zero-order valence-electron chi connectivity index (χ0n) is 26.6. The van der Waals surface area contributed by atoms with Crippen LogP contribution in [0.1, 0.15) is 39.1 Å². The molecule has 0 fully saturated rings. The number of methoxy groups -OCH3 is 1. The number of hydrogen-bond acceptors (Lipinski definition) is 7. The number of alkyl halides is 3. The Morgan fingerprint density at radius 2 is 1.74 bits per heavy atom. The van der Waals surface area contributed by atoms with Gasteiger partial charge >= 0.3 is 18.1 Å². The van der Waals surface area contributed by atoms with Crippen molar-refractivity contribution < 1.29 is 46.9 Å². The van der Waals surface area contributed by atoms with E-state index in [1.165, 1.54) is 55.7 Å². The predicted octanol–water partition coefficient (Wildman–Crippen LogP) is 5.98. The van der Waals surface area contributed by atoms with Crippen molar-refractivity contribution >= 4 is 29.4 Å². The van der Waals surface area contributed by atoms with Crippen LogP contribution in [0.25, 0.3) is 5.69 Å². The first kappa shape index (κ1) is 35.3. The van der Waals surface area contributed by atoms with Gasteiger partial charge in [-0.25, -0.2) is 9.78 Å². The second kappa shape index (κ2) is 15.5. The number of hydrogen-bond donors (Lipinski definition) is 2. The third-order valence-electron chi connectivity index (χ3n) is 7.74. The van der Waals surface area contributed by atoms with Crippen LogP contribution in [0.15, 0.2) is 115 Å². The molecule has 11 nitrogen and oxygen atoms in total. The van der Waals surface area contributed by atoms with Gasteiger partial charge in [-0.15, -0.1) is 0 Å². The van der Waals surface area contributed by atoms with Crippen LogP contribution >= 0.6 is 0 Å². The molecule has 0 spiro atoms. The molecule has 0 saturated heterocycles. The van der Waals surface area contributed by atoms with Gasteiger partial charge in [0.2, 0.25) is 5.91 Å². The minimum absolute atomic E-state index is 0.0879. The topological polar surface area (TPSA) is 140 Å². The van der Waals surface area contributed by atoms with Gasteiger partial charge in [0.15, 0.2) is 0 Å². The molecular weight excluding hydrogens is 657 g/mol. The largest absolute Gasteiger partial charge is 0.480 e. The summed E-state index contributed by atoms with van der Waals surface area (Å²) in [6, 6.07) is 18.7. The quantitative estimate of drug-likeness (QED) is 0.137. The van der Waals surface area contributed by atoms with Crippen LogP contribution in [0.5, 0.6) is 5.75 Å². The highest BCUT2D eigenvalue weighted by Crippen LogP contribution is 2.36. The second-order valence-corrected chi connectivity index (χ2v) is 11.2. The third-order valence-corrected chi connectivity index (χ3v) is 7.74. The first-order valence-electron chi connectivity index (χ1n) is 15.2. The van der Waals surface area contributed by atoms with Crippen molar-refractivity contribution in [2.75, 3.05) is 19.0 Å². The Kier molecular flexibility index (Phi) is 10.9. The normalized spacial score (nSPS) is 14.3. The van der Waals surface area contributed by atoms with Crippen LogP contribution < -0.4 is 10.1 Å². The summed E-state index contributed by atoms with van der Waals surface area (Å²) in [5.41, 5.74) is 0.814. The van der Waals surface area contributed by atoms with Gasteiger partial charge in [-0.3, -0.25) is 14.4 Å². The molecule has 2 amide bonds. The van der Waals surface area contributed by atoms with Crippen molar-refractivity contribution in [2.45, 2.75) is 31.7 Å². The fourth-order valence-electron chi connectivity index (χ4n) is 5.29. The molecule has 0 bridgehead atoms. The molecule has 5 rings (SSSR count). The maximum atomic E-state index is 13.6. The first-order chi connectivity index (χ1) is 23.9. The van der Waals surface area contributed by atoms with Crippen LogP contribution in [0.2, 0.25) is 0 Å². The molecule has 0 saturated carbocycles. The lowest BCUT2D eigenvalue weighted by Gasteiger charge is -2.23. The van der Waals surface area contributed by atoms with Crippen LogP contribution in [0.4, 0.5) is 18.9 Å². The van der Waals surface area contributed by atoms with E-state index in [9.17, 15) is 37.5 Å². The summed E-state index contributed by atoms with van der Waals surface area (Å²) < 4.78 is 53.0. The second-order valence-electron chi connectivity index (χ2n) is 11.2. The van der Waals surface area contributed by atoms with E-state index in [0.717, 1.165) is 4.90 Å². The Morgan fingerprint density at radius 3 is 2.38 bits per heavy atom. The Hall–Kier alpha value is -6.02. The van der Waals surface area contributed by atoms with Gasteiger partial charge in [-0.2, -0.15) is 13.2 Å². The number of amides is 2. The van der Waals surface area contributed by atoms with Crippen molar-refractivity contribution in [3.05, 3.63) is 132 Å². The first-order valence-corrected chi connectivity index (χ1v) is 15.2. The zero-order valence-corrected chi connectivity index (χ0v) is 26.6. The average Bonchev–Trinajstić information content (AvgIpc) is 3.63. The van der Waals surface area contributed by atoms with Crippen LogP contribution in [-0.4, -0.2) is 69.2 Å². The standard InChI is InChI=1S/C36H31F3N4O7/c1-49-28-15-10-25(30(19-28)36(37,38)39)18-32(44)41-26-11-8-24(9-12-26)34(47)43(21-33(45)46)20-23-6-13-27(14-7-23)50-35(48)29-4-2-3-5-31(29)42-17-16-40-22-42/h2-17,22,28H,18-21H2,1H3,(H,41,44)(H,45,46). The Bertz CT molecular complexity index is 1920. The lowest BCUT2D eigenvalue weighted by atomic mass is 9.93. The molecule has 1 unspecified atom stereocenters. The van der Waals surface area contributed by atoms with Crippen molar-refractivity contribution in [2.24, 2.45) is 0 Å². The molecule has 1 aliphatic carbocycles. The maximum Gasteiger partial charge on any atom is 0.413 e. The number of carboxylic acid groups (broad SMARTS) is 1. The minimum atomic E-state index is -4.62. The lowest BCUT2D eigenvalue weighted by Crippen LogP contribution is -2.35. The zero-order chi connectivity index (χ0) is 35.8. The number of carboxylic acids is 1. The fourth-order valence-corrected chi connectivity index (χ4v) is 5.29. The molecule has 14 heteroatoms. The van der Waals surface area contributed by atoms with E-state index >= 15 is 0 Å². The van der Waals surface area contributed by atoms with Crippen LogP contribution in [0, 0.1) is 0 Å². The average molecular weight is 689 g/mol. The fraction of sp³-hybridized carbons (Fsp3) is 0.194. The highest BCUT2D eigenvalue weighted by atomic mass is 19.4. The summed E-state index contributed by atoms with van der Waals surface area (Å²) in [7, 11) is 1.31. The number of esters is 1. The van der Waals surface area contributed by atoms with E-state index in [0.29, 0.717) is 16.8 Å². The molecule has 1 heterocycles. The molecule has 2 N–H and O–H groups in total. The molecule has 0 radical (unpaired) electrons. The number of aromatic nitrogens is 2. The summed E-state index contributed by atoms with van der Waals surface area (Å²) in [4.78, 5) is 55.6. The number of rotatable bonds is 12. The van der Waals surface area contributed by atoms with Gasteiger partial charge in [0, 0.05) is 49.3 Å². The van der Waals surface area contributed by atoms with E-state index in [4.69, 9.17) is 9.47 Å². The van der Waals surface area contributed by atoms with Crippen molar-refractivity contribution in [1.82, 2.24) is 14.5 Å². The van der Waals surface area contributed by atoms with Gasteiger partial charge in [-0.1, -0.05) is 36.4 Å². The molecule has 3 aromatic carbocycles. The molecule has 1 aliphatic rings. The third kappa shape index (κ3) is 8.90. The SMILES string of the molecule is COC1C=CC(CC(=O)Nc2ccc(C(=O)N(CC(=O)O)Cc3ccc(OC(=O)c4ccccc4-n4ccnc4)cc3)cc2)=C(C(F)(F)F)C1. The van der Waals surface area contributed by atoms with Crippen LogP contribution in [0.3, 0.4) is 0 Å². The number of imidazole rings is 1. The number of carbonyl (C=O) groups is 4. The molecule has 1 atom stereocenters. The van der Waals surface area contributed by atoms with E-state index in [2.05, 4.69) is 10.3 Å². The van der Waals surface area contributed by atoms with Crippen molar-refractivity contribution in [3.63, 3.8) is 0 Å². The summed E-state index contributed by atoms with van der Waals surface area (Å²) in [5.74, 6) is -2.91. The summed E-state index contributed by atoms with van der Waals surface area (Å²) in [6.45, 7) is -0.706. The van der Waals surface area contributed by atoms with Crippen molar-refractivity contribution in [3.8, 4) is 11.4 Å². The number of nitrogens with one attached hydrogen (secondary N) is 1. The van der Waals surface area contributed by atoms with E-state index in [1.807, 2.05) is 0 Å². The van der Waals surface area contributed by atoms with Crippen molar-refractivity contribution in [1.29, 1.82) is 0 Å². The van der Waals surface area contributed by atoms with Gasteiger partial charge in [0.1, 0.15) is 12.3 Å². The van der Waals surface area contributed by atoms with Crippen LogP contribution in [-0.2, 0) is 20.9 Å². The van der Waals surface area contributed by atoms with Gasteiger partial charge in [0.05, 0.1) is 30.1 Å². The number of anilines is 1. The summed E-state index contributed by atoms with van der Waals surface area (Å²) in [5, 5.41) is 12.0. The van der Waals surface area contributed by atoms with Gasteiger partial charge in [0.25, 0.3) is 5.91 Å². The van der Waals surface area contributed by atoms with Gasteiger partial charge in [-0.05, 0) is 59.7 Å². The van der Waals surface area contributed by atoms with E-state index < -0.39 is 61.0 Å². The number of ether oxygens (including phenoxy) is 2. The lowest BCUT2D eigenvalue weighted by molar-refractivity contribution is -0.137. The minimum Gasteiger partial charge on any atom is -0.480 e. The number of allylic oxidation sites excluding steroid dienone is 1. The Morgan fingerprint density at radius 1 is 1.02 bits per heavy atom. The van der Waals surface area contributed by atoms with E-state index in [1.54, 1.807) is 59.7 Å². The molecule has 4 aromatic rings. The van der Waals surface area contributed by atoms with E-state index in [-0.39, 0.29) is 29.1 Å². The number of para-hydroxylation sites is 1. The Balaban J connectivity index is 1.21. The molecule has 1 aromatic heterocycles. The molecular formula is C36H31F3N4O7. The number of benzene rings is 3. The molecule has 0 aliphatic heterocycles. The maximum absolute atomic E-state index is 13.6. The number of nitrogens with zero attached hydrogens (tertiary/aromatic N) is 3. The predicted molar refractivity (Wildman–Crippen MR) is 175 cm³/mol. The summed E-state index contributed by atoms with van der Waals surface area (Å²) in [6.07, 6.45) is 1.26. The highest BCUT2D eigenvalue weighted by Gasteiger charge is 2.38. The number of aliphatic carboxylic acids is 1. The molecule has 50 heavy (non-hydrogen) atoms. The highest BCUT2D eigenvalue weighted by molar-refractivity contribution is 5.97. The van der Waals surface area contributed by atoms with Gasteiger partial charge < -0.3 is 29.4 Å². The smallest absolute Gasteiger partial charge is 0.413 e. The monoisotopic (exact) mass is 688 g/mol. The Labute approximate surface area is 284 Å².